The van der Waals surface area contributed by atoms with Crippen molar-refractivity contribution in [3.63, 3.8) is 0 Å². The first-order valence-corrected chi connectivity index (χ1v) is 8.90. The molecule has 0 aromatic heterocycles. The minimum Gasteiger partial charge on any atom is -0.316 e. The Morgan fingerprint density at radius 3 is 2.53 bits per heavy atom. The summed E-state index contributed by atoms with van der Waals surface area (Å²) in [6, 6.07) is 5.93. The highest BCUT2D eigenvalue weighted by atomic mass is 32.2. The van der Waals surface area contributed by atoms with Gasteiger partial charge in [-0.05, 0) is 25.0 Å². The fourth-order valence-electron chi connectivity index (χ4n) is 2.95. The number of hydrogen-bond donors (Lipinski definition) is 1. The van der Waals surface area contributed by atoms with Crippen LogP contribution in [0.15, 0.2) is 18.2 Å². The molecule has 0 bridgehead atoms. The molecule has 2 atom stereocenters. The van der Waals surface area contributed by atoms with Gasteiger partial charge in [0.15, 0.2) is 15.0 Å². The molecule has 4 nitrogen and oxygen atoms in total. The Morgan fingerprint density at radius 2 is 1.89 bits per heavy atom. The SMILES string of the molecule is Cc1cccc(C)c1N1C(=N)S[C@@H]2CS(=O)(=O)C[C@H]21. The Balaban J connectivity index is 2.07. The van der Waals surface area contributed by atoms with Crippen LogP contribution in [0.4, 0.5) is 5.69 Å². The van der Waals surface area contributed by atoms with E-state index in [9.17, 15) is 8.42 Å². The molecule has 0 aliphatic carbocycles. The molecule has 2 heterocycles. The number of rotatable bonds is 1. The van der Waals surface area contributed by atoms with Crippen molar-refractivity contribution in [1.82, 2.24) is 0 Å². The van der Waals surface area contributed by atoms with Gasteiger partial charge in [0.05, 0.1) is 17.5 Å². The lowest BCUT2D eigenvalue weighted by molar-refractivity contribution is 0.601. The molecule has 1 aromatic carbocycles. The maximum atomic E-state index is 11.8. The number of nitrogens with zero attached hydrogens (tertiary/aromatic N) is 1. The molecule has 1 N–H and O–H groups in total. The second kappa shape index (κ2) is 4.24. The molecule has 0 unspecified atom stereocenters. The molecule has 2 aliphatic rings. The zero-order chi connectivity index (χ0) is 13.8. The van der Waals surface area contributed by atoms with Crippen molar-refractivity contribution in [2.45, 2.75) is 25.1 Å². The average Bonchev–Trinajstić information content (AvgIpc) is 2.71. The lowest BCUT2D eigenvalue weighted by Gasteiger charge is -2.27. The molecule has 0 saturated carbocycles. The number of benzene rings is 1. The van der Waals surface area contributed by atoms with Crippen LogP contribution in [0.25, 0.3) is 0 Å². The molecule has 0 amide bonds. The number of hydrogen-bond acceptors (Lipinski definition) is 4. The zero-order valence-corrected chi connectivity index (χ0v) is 12.5. The van der Waals surface area contributed by atoms with Gasteiger partial charge < -0.3 is 4.90 Å². The molecule has 2 saturated heterocycles. The lowest BCUT2D eigenvalue weighted by Crippen LogP contribution is -2.38. The normalized spacial score (nSPS) is 28.7. The Kier molecular flexibility index (Phi) is 2.90. The smallest absolute Gasteiger partial charge is 0.161 e. The van der Waals surface area contributed by atoms with E-state index in [0.29, 0.717) is 5.17 Å². The summed E-state index contributed by atoms with van der Waals surface area (Å²) in [6.45, 7) is 4.02. The predicted molar refractivity (Wildman–Crippen MR) is 79.9 cm³/mol. The number of anilines is 1. The van der Waals surface area contributed by atoms with E-state index < -0.39 is 9.84 Å². The largest absolute Gasteiger partial charge is 0.316 e. The number of para-hydroxylation sites is 1. The molecule has 0 radical (unpaired) electrons. The molecule has 3 rings (SSSR count). The number of fused-ring (bicyclic) bond motifs is 1. The molecular formula is C13H16N2O2S2. The molecule has 2 aliphatic heterocycles. The van der Waals surface area contributed by atoms with Gasteiger partial charge in [0.2, 0.25) is 0 Å². The molecule has 102 valence electrons. The summed E-state index contributed by atoms with van der Waals surface area (Å²) in [7, 11) is -2.95. The first-order valence-electron chi connectivity index (χ1n) is 6.20. The third-order valence-electron chi connectivity index (χ3n) is 3.77. The first kappa shape index (κ1) is 13.0. The van der Waals surface area contributed by atoms with Crippen LogP contribution in [-0.4, -0.2) is 36.4 Å². The number of sulfone groups is 1. The van der Waals surface area contributed by atoms with E-state index in [0.717, 1.165) is 16.8 Å². The van der Waals surface area contributed by atoms with Crippen molar-refractivity contribution in [2.24, 2.45) is 0 Å². The van der Waals surface area contributed by atoms with E-state index in [-0.39, 0.29) is 22.8 Å². The van der Waals surface area contributed by atoms with E-state index in [2.05, 4.69) is 0 Å². The maximum Gasteiger partial charge on any atom is 0.161 e. The van der Waals surface area contributed by atoms with E-state index >= 15 is 0 Å². The van der Waals surface area contributed by atoms with E-state index in [1.165, 1.54) is 11.8 Å². The molecule has 1 aromatic rings. The highest BCUT2D eigenvalue weighted by molar-refractivity contribution is 8.15. The van der Waals surface area contributed by atoms with Crippen LogP contribution in [0.1, 0.15) is 11.1 Å². The Morgan fingerprint density at radius 1 is 1.26 bits per heavy atom. The average molecular weight is 296 g/mol. The van der Waals surface area contributed by atoms with Crippen LogP contribution in [0.2, 0.25) is 0 Å². The summed E-state index contributed by atoms with van der Waals surface area (Å²) in [5.41, 5.74) is 3.19. The fraction of sp³-hybridized carbons (Fsp3) is 0.462. The van der Waals surface area contributed by atoms with E-state index in [1.54, 1.807) is 0 Å². The number of thioether (sulfide) groups is 1. The lowest BCUT2D eigenvalue weighted by atomic mass is 10.1. The molecular weight excluding hydrogens is 280 g/mol. The quantitative estimate of drug-likeness (QED) is 0.860. The number of aryl methyl sites for hydroxylation is 2. The van der Waals surface area contributed by atoms with Gasteiger partial charge in [0.1, 0.15) is 0 Å². The van der Waals surface area contributed by atoms with Gasteiger partial charge in [0, 0.05) is 10.9 Å². The van der Waals surface area contributed by atoms with Crippen LogP contribution in [0.3, 0.4) is 0 Å². The second-order valence-electron chi connectivity index (χ2n) is 5.22. The highest BCUT2D eigenvalue weighted by Gasteiger charge is 2.49. The van der Waals surface area contributed by atoms with Crippen molar-refractivity contribution >= 4 is 32.5 Å². The summed E-state index contributed by atoms with van der Waals surface area (Å²) < 4.78 is 23.6. The van der Waals surface area contributed by atoms with Crippen molar-refractivity contribution in [3.8, 4) is 0 Å². The topological polar surface area (TPSA) is 61.2 Å². The standard InChI is InChI=1S/C13H16N2O2S2/c1-8-4-3-5-9(2)12(8)15-10-6-19(16,17)7-11(10)18-13(15)14/h3-5,10-11,14H,6-7H2,1-2H3/t10-,11-/m1/s1. The summed E-state index contributed by atoms with van der Waals surface area (Å²) >= 11 is 1.39. The number of nitrogens with one attached hydrogen (secondary N) is 1. The monoisotopic (exact) mass is 296 g/mol. The van der Waals surface area contributed by atoms with Crippen LogP contribution >= 0.6 is 11.8 Å². The molecule has 2 fully saturated rings. The van der Waals surface area contributed by atoms with Crippen molar-refractivity contribution in [1.29, 1.82) is 5.41 Å². The van der Waals surface area contributed by atoms with Crippen LogP contribution in [0, 0.1) is 19.3 Å². The van der Waals surface area contributed by atoms with Gasteiger partial charge in [-0.15, -0.1) is 0 Å². The van der Waals surface area contributed by atoms with Crippen molar-refractivity contribution in [3.05, 3.63) is 29.3 Å². The maximum absolute atomic E-state index is 11.8. The number of amidine groups is 1. The van der Waals surface area contributed by atoms with Crippen LogP contribution < -0.4 is 4.90 Å². The summed E-state index contributed by atoms with van der Waals surface area (Å²) in [4.78, 5) is 1.92. The van der Waals surface area contributed by atoms with Gasteiger partial charge in [-0.25, -0.2) is 8.42 Å². The minimum atomic E-state index is -2.95. The molecule has 6 heteroatoms. The summed E-state index contributed by atoms with van der Waals surface area (Å²) in [6.07, 6.45) is 0. The van der Waals surface area contributed by atoms with Crippen molar-refractivity contribution in [2.75, 3.05) is 16.4 Å². The predicted octanol–water partition coefficient (Wildman–Crippen LogP) is 1.96. The van der Waals surface area contributed by atoms with Gasteiger partial charge in [0.25, 0.3) is 0 Å². The fourth-order valence-corrected chi connectivity index (χ4v) is 6.73. The van der Waals surface area contributed by atoms with Gasteiger partial charge >= 0.3 is 0 Å². The second-order valence-corrected chi connectivity index (χ2v) is 8.60. The van der Waals surface area contributed by atoms with Crippen LogP contribution in [0.5, 0.6) is 0 Å². The first-order chi connectivity index (χ1) is 8.89. The highest BCUT2D eigenvalue weighted by Crippen LogP contribution is 2.42. The van der Waals surface area contributed by atoms with Crippen LogP contribution in [-0.2, 0) is 9.84 Å². The Labute approximate surface area is 117 Å². The summed E-state index contributed by atoms with van der Waals surface area (Å²) in [5.74, 6) is 0.368. The van der Waals surface area contributed by atoms with Gasteiger partial charge in [-0.2, -0.15) is 0 Å². The third-order valence-corrected chi connectivity index (χ3v) is 6.90. The zero-order valence-electron chi connectivity index (χ0n) is 10.9. The van der Waals surface area contributed by atoms with Crippen molar-refractivity contribution < 1.29 is 8.42 Å². The molecule has 0 spiro atoms. The van der Waals surface area contributed by atoms with Gasteiger partial charge in [-0.3, -0.25) is 5.41 Å². The summed E-state index contributed by atoms with van der Waals surface area (Å²) in [5, 5.41) is 8.64. The third kappa shape index (κ3) is 2.07. The van der Waals surface area contributed by atoms with E-state index in [1.807, 2.05) is 36.9 Å². The Bertz CT molecular complexity index is 634. The molecule has 19 heavy (non-hydrogen) atoms. The minimum absolute atomic E-state index is 0.0107. The van der Waals surface area contributed by atoms with E-state index in [4.69, 9.17) is 5.41 Å². The van der Waals surface area contributed by atoms with Gasteiger partial charge in [-0.1, -0.05) is 30.0 Å². The Hall–Kier alpha value is -1.01.